The number of ketones is 1. The van der Waals surface area contributed by atoms with E-state index in [1.54, 1.807) is 24.3 Å². The Morgan fingerprint density at radius 3 is 2.05 bits per heavy atom. The van der Waals surface area contributed by atoms with Crippen molar-refractivity contribution in [2.24, 2.45) is 11.8 Å². The van der Waals surface area contributed by atoms with Crippen LogP contribution in [0.15, 0.2) is 60.7 Å². The number of phenolic OH excluding ortho intramolecular Hbond substituents is 1. The standard InChI is InChI=1S/C32H35N3O8/c1-5-18-11-7-9-13-21(18)33-30(38)27-24(36)17-32(3,40)28(31(39)34-22-14-10-8-12-19(22)6-2)26(27)20-15-23(35(41)42)29(37)25(16-20)43-4/h7-16,26-28,37,40H,5-6,17H2,1-4H3,(H,33,38)(H,34,39). The Morgan fingerprint density at radius 2 is 1.53 bits per heavy atom. The number of methoxy groups -OCH3 is 1. The maximum atomic E-state index is 14.1. The van der Waals surface area contributed by atoms with Crippen molar-refractivity contribution >= 4 is 34.7 Å². The number of aromatic hydroxyl groups is 1. The lowest BCUT2D eigenvalue weighted by atomic mass is 9.61. The number of phenols is 1. The van der Waals surface area contributed by atoms with Gasteiger partial charge in [0.05, 0.1) is 23.6 Å². The number of rotatable bonds is 9. The van der Waals surface area contributed by atoms with Gasteiger partial charge in [0.15, 0.2) is 5.75 Å². The molecule has 11 nitrogen and oxygen atoms in total. The molecule has 0 radical (unpaired) electrons. The molecule has 0 aromatic heterocycles. The monoisotopic (exact) mass is 589 g/mol. The van der Waals surface area contributed by atoms with Crippen molar-refractivity contribution in [1.82, 2.24) is 0 Å². The summed E-state index contributed by atoms with van der Waals surface area (Å²) in [5, 5.41) is 39.6. The lowest BCUT2D eigenvalue weighted by molar-refractivity contribution is -0.386. The number of Topliss-reactive ketones (excluding diaryl/α,β-unsaturated/α-hetero) is 1. The maximum absolute atomic E-state index is 14.1. The Hall–Kier alpha value is -4.77. The molecule has 1 aliphatic rings. The van der Waals surface area contributed by atoms with Crippen LogP contribution in [0.1, 0.15) is 49.8 Å². The summed E-state index contributed by atoms with van der Waals surface area (Å²) in [6.45, 7) is 5.16. The summed E-state index contributed by atoms with van der Waals surface area (Å²) in [6, 6.07) is 16.4. The minimum absolute atomic E-state index is 0.00234. The molecule has 11 heteroatoms. The predicted molar refractivity (Wildman–Crippen MR) is 160 cm³/mol. The summed E-state index contributed by atoms with van der Waals surface area (Å²) >= 11 is 0. The summed E-state index contributed by atoms with van der Waals surface area (Å²) in [5.74, 6) is -7.38. The zero-order valence-corrected chi connectivity index (χ0v) is 24.4. The van der Waals surface area contributed by atoms with E-state index in [-0.39, 0.29) is 11.3 Å². The second kappa shape index (κ2) is 12.6. The average molecular weight is 590 g/mol. The summed E-state index contributed by atoms with van der Waals surface area (Å²) < 4.78 is 5.19. The number of para-hydroxylation sites is 2. The van der Waals surface area contributed by atoms with E-state index < -0.39 is 63.7 Å². The summed E-state index contributed by atoms with van der Waals surface area (Å²) in [6.07, 6.45) is 0.681. The Morgan fingerprint density at radius 1 is 1.00 bits per heavy atom. The van der Waals surface area contributed by atoms with Gasteiger partial charge in [-0.2, -0.15) is 0 Å². The normalized spacial score (nSPS) is 21.6. The number of nitro groups is 1. The first kappa shape index (κ1) is 31.2. The van der Waals surface area contributed by atoms with Gasteiger partial charge < -0.3 is 25.6 Å². The summed E-state index contributed by atoms with van der Waals surface area (Å²) in [7, 11) is 1.20. The van der Waals surface area contributed by atoms with Crippen molar-refractivity contribution < 1.29 is 34.3 Å². The van der Waals surface area contributed by atoms with Gasteiger partial charge in [-0.1, -0.05) is 50.2 Å². The first-order valence-corrected chi connectivity index (χ1v) is 14.0. The second-order valence-corrected chi connectivity index (χ2v) is 10.8. The van der Waals surface area contributed by atoms with Gasteiger partial charge in [-0.05, 0) is 54.7 Å². The molecular weight excluding hydrogens is 554 g/mol. The molecule has 226 valence electrons. The highest BCUT2D eigenvalue weighted by molar-refractivity contribution is 6.10. The first-order valence-electron chi connectivity index (χ1n) is 14.0. The van der Waals surface area contributed by atoms with Gasteiger partial charge in [-0.25, -0.2) is 0 Å². The van der Waals surface area contributed by atoms with Crippen LogP contribution in [0.25, 0.3) is 0 Å². The fourth-order valence-corrected chi connectivity index (χ4v) is 5.92. The molecular formula is C32H35N3O8. The van der Waals surface area contributed by atoms with E-state index in [1.807, 2.05) is 38.1 Å². The van der Waals surface area contributed by atoms with Gasteiger partial charge in [-0.3, -0.25) is 24.5 Å². The van der Waals surface area contributed by atoms with Crippen LogP contribution in [0.5, 0.6) is 11.5 Å². The van der Waals surface area contributed by atoms with Gasteiger partial charge in [0.25, 0.3) is 0 Å². The minimum Gasteiger partial charge on any atom is -0.500 e. The minimum atomic E-state index is -1.94. The van der Waals surface area contributed by atoms with E-state index in [9.17, 15) is 34.7 Å². The molecule has 0 heterocycles. The van der Waals surface area contributed by atoms with Crippen LogP contribution in [0.2, 0.25) is 0 Å². The van der Waals surface area contributed by atoms with Crippen LogP contribution in [-0.2, 0) is 27.2 Å². The number of carbonyl (C=O) groups is 3. The van der Waals surface area contributed by atoms with E-state index in [0.717, 1.165) is 17.2 Å². The number of nitro benzene ring substituents is 1. The third-order valence-electron chi connectivity index (χ3n) is 8.02. The largest absolute Gasteiger partial charge is 0.500 e. The number of nitrogens with one attached hydrogen (secondary N) is 2. The number of benzene rings is 3. The number of nitrogens with zero attached hydrogens (tertiary/aromatic N) is 1. The SMILES string of the molecule is CCc1ccccc1NC(=O)C1C(=O)CC(C)(O)C(C(=O)Nc2ccccc2CC)C1c1cc(OC)c(O)c([N+](=O)[O-])c1. The molecule has 4 N–H and O–H groups in total. The van der Waals surface area contributed by atoms with Crippen molar-refractivity contribution in [3.05, 3.63) is 87.5 Å². The number of hydrogen-bond donors (Lipinski definition) is 4. The fourth-order valence-electron chi connectivity index (χ4n) is 5.92. The van der Waals surface area contributed by atoms with Gasteiger partial charge in [0.1, 0.15) is 11.7 Å². The second-order valence-electron chi connectivity index (χ2n) is 10.8. The lowest BCUT2D eigenvalue weighted by Gasteiger charge is -2.44. The molecule has 2 amide bonds. The first-order chi connectivity index (χ1) is 20.4. The number of amides is 2. The van der Waals surface area contributed by atoms with Gasteiger partial charge in [0, 0.05) is 29.8 Å². The van der Waals surface area contributed by atoms with Crippen molar-refractivity contribution in [3.8, 4) is 11.5 Å². The molecule has 0 saturated heterocycles. The van der Waals surface area contributed by atoms with E-state index >= 15 is 0 Å². The van der Waals surface area contributed by atoms with Gasteiger partial charge in [0.2, 0.25) is 17.6 Å². The van der Waals surface area contributed by atoms with E-state index in [0.29, 0.717) is 24.2 Å². The zero-order chi connectivity index (χ0) is 31.5. The highest BCUT2D eigenvalue weighted by atomic mass is 16.6. The summed E-state index contributed by atoms with van der Waals surface area (Å²) in [5.41, 5.74) is -0.0631. The molecule has 1 fully saturated rings. The van der Waals surface area contributed by atoms with Crippen LogP contribution in [0, 0.1) is 22.0 Å². The molecule has 3 aromatic carbocycles. The highest BCUT2D eigenvalue weighted by Gasteiger charge is 2.56. The predicted octanol–water partition coefficient (Wildman–Crippen LogP) is 4.75. The molecule has 0 bridgehead atoms. The lowest BCUT2D eigenvalue weighted by Crippen LogP contribution is -2.56. The molecule has 1 saturated carbocycles. The smallest absolute Gasteiger partial charge is 0.314 e. The third-order valence-corrected chi connectivity index (χ3v) is 8.02. The van der Waals surface area contributed by atoms with Crippen LogP contribution < -0.4 is 15.4 Å². The Kier molecular flexibility index (Phi) is 9.15. The van der Waals surface area contributed by atoms with Crippen molar-refractivity contribution in [2.45, 2.75) is 51.6 Å². The Bertz CT molecular complexity index is 1570. The molecule has 0 spiro atoms. The number of hydrogen-bond acceptors (Lipinski definition) is 8. The Labute approximate surface area is 249 Å². The van der Waals surface area contributed by atoms with Crippen LogP contribution in [-0.4, -0.2) is 45.4 Å². The number of aliphatic hydroxyl groups is 1. The molecule has 3 aromatic rings. The molecule has 4 unspecified atom stereocenters. The zero-order valence-electron chi connectivity index (χ0n) is 24.4. The van der Waals surface area contributed by atoms with Gasteiger partial charge >= 0.3 is 5.69 Å². The van der Waals surface area contributed by atoms with Crippen molar-refractivity contribution in [3.63, 3.8) is 0 Å². The molecule has 43 heavy (non-hydrogen) atoms. The maximum Gasteiger partial charge on any atom is 0.314 e. The molecule has 4 atom stereocenters. The van der Waals surface area contributed by atoms with E-state index in [4.69, 9.17) is 4.74 Å². The van der Waals surface area contributed by atoms with Crippen molar-refractivity contribution in [2.75, 3.05) is 17.7 Å². The molecule has 4 rings (SSSR count). The van der Waals surface area contributed by atoms with Crippen LogP contribution in [0.3, 0.4) is 0 Å². The average Bonchev–Trinajstić information content (AvgIpc) is 2.96. The quantitative estimate of drug-likeness (QED) is 0.157. The number of carbonyl (C=O) groups excluding carboxylic acids is 3. The van der Waals surface area contributed by atoms with E-state index in [1.165, 1.54) is 20.1 Å². The molecule has 0 aliphatic heterocycles. The number of ether oxygens (including phenoxy) is 1. The van der Waals surface area contributed by atoms with Gasteiger partial charge in [-0.15, -0.1) is 0 Å². The highest BCUT2D eigenvalue weighted by Crippen LogP contribution is 2.49. The Balaban J connectivity index is 1.91. The fraction of sp³-hybridized carbons (Fsp3) is 0.344. The van der Waals surface area contributed by atoms with Crippen LogP contribution >= 0.6 is 0 Å². The summed E-state index contributed by atoms with van der Waals surface area (Å²) in [4.78, 5) is 52.8. The van der Waals surface area contributed by atoms with Crippen LogP contribution in [0.4, 0.5) is 17.1 Å². The third kappa shape index (κ3) is 6.21. The van der Waals surface area contributed by atoms with Crippen molar-refractivity contribution in [1.29, 1.82) is 0 Å². The molecule has 1 aliphatic carbocycles. The number of aryl methyl sites for hydroxylation is 2. The number of anilines is 2. The topological polar surface area (TPSA) is 168 Å². The van der Waals surface area contributed by atoms with E-state index in [2.05, 4.69) is 10.6 Å².